The summed E-state index contributed by atoms with van der Waals surface area (Å²) in [5, 5.41) is 2.98. The molecule has 2 aromatic heterocycles. The predicted molar refractivity (Wildman–Crippen MR) is 110 cm³/mol. The molecule has 1 fully saturated rings. The molecule has 0 atom stereocenters. The van der Waals surface area contributed by atoms with Gasteiger partial charge in [-0.3, -0.25) is 19.1 Å². The molecule has 0 amide bonds. The molecule has 4 rings (SSSR count). The van der Waals surface area contributed by atoms with Crippen molar-refractivity contribution in [1.29, 1.82) is 0 Å². The number of anilines is 1. The highest BCUT2D eigenvalue weighted by atomic mass is 16.5. The van der Waals surface area contributed by atoms with E-state index in [2.05, 4.69) is 15.3 Å². The van der Waals surface area contributed by atoms with Crippen molar-refractivity contribution in [1.82, 2.24) is 14.5 Å². The van der Waals surface area contributed by atoms with Crippen molar-refractivity contribution in [3.8, 4) is 17.0 Å². The van der Waals surface area contributed by atoms with E-state index in [9.17, 15) is 9.59 Å². The number of rotatable bonds is 8. The molecule has 0 aliphatic heterocycles. The third-order valence-corrected chi connectivity index (χ3v) is 4.88. The Morgan fingerprint density at radius 1 is 1.17 bits per heavy atom. The van der Waals surface area contributed by atoms with Gasteiger partial charge in [0.05, 0.1) is 18.8 Å². The van der Waals surface area contributed by atoms with Crippen LogP contribution < -0.4 is 15.6 Å². The average Bonchev–Trinajstić information content (AvgIpc) is 3.58. The van der Waals surface area contributed by atoms with Crippen LogP contribution in [0.3, 0.4) is 0 Å². The summed E-state index contributed by atoms with van der Waals surface area (Å²) in [6, 6.07) is 12.2. The van der Waals surface area contributed by atoms with Crippen molar-refractivity contribution in [2.24, 2.45) is 13.0 Å². The van der Waals surface area contributed by atoms with E-state index in [0.29, 0.717) is 23.1 Å². The van der Waals surface area contributed by atoms with Crippen molar-refractivity contribution < 1.29 is 9.53 Å². The van der Waals surface area contributed by atoms with Crippen LogP contribution in [0.25, 0.3) is 11.3 Å². The smallest absolute Gasteiger partial charge is 0.255 e. The summed E-state index contributed by atoms with van der Waals surface area (Å²) in [6.45, 7) is 0.769. The van der Waals surface area contributed by atoms with Crippen molar-refractivity contribution in [3.05, 3.63) is 70.8 Å². The van der Waals surface area contributed by atoms with Crippen LogP contribution in [-0.2, 0) is 7.05 Å². The lowest BCUT2D eigenvalue weighted by Crippen LogP contribution is -2.24. The van der Waals surface area contributed by atoms with Crippen LogP contribution >= 0.6 is 0 Å². The van der Waals surface area contributed by atoms with Crippen molar-refractivity contribution in [3.63, 3.8) is 0 Å². The van der Waals surface area contributed by atoms with Gasteiger partial charge in [0.15, 0.2) is 5.78 Å². The molecule has 29 heavy (non-hydrogen) atoms. The first-order chi connectivity index (χ1) is 14.1. The van der Waals surface area contributed by atoms with Gasteiger partial charge in [-0.2, -0.15) is 0 Å². The van der Waals surface area contributed by atoms with Gasteiger partial charge in [0, 0.05) is 36.6 Å². The summed E-state index contributed by atoms with van der Waals surface area (Å²) in [5.74, 6) is 1.70. The van der Waals surface area contributed by atoms with E-state index in [4.69, 9.17) is 4.74 Å². The summed E-state index contributed by atoms with van der Waals surface area (Å²) in [7, 11) is 1.62. The SMILES string of the molecule is Cn1c(NCC(=O)c2ccc(OCC3CC3)cc2)nc(-c2ccncc2)cc1=O. The van der Waals surface area contributed by atoms with Crippen LogP contribution in [0.2, 0.25) is 0 Å². The first kappa shape index (κ1) is 18.9. The number of ketones is 1. The molecule has 1 aromatic carbocycles. The fraction of sp³-hybridized carbons (Fsp3) is 0.273. The lowest BCUT2D eigenvalue weighted by molar-refractivity contribution is 0.101. The second-order valence-electron chi connectivity index (χ2n) is 7.15. The van der Waals surface area contributed by atoms with Crippen LogP contribution in [0.1, 0.15) is 23.2 Å². The molecule has 7 nitrogen and oxygen atoms in total. The molecule has 148 valence electrons. The highest BCUT2D eigenvalue weighted by molar-refractivity contribution is 5.98. The second-order valence-corrected chi connectivity index (χ2v) is 7.15. The Balaban J connectivity index is 1.43. The van der Waals surface area contributed by atoms with Gasteiger partial charge in [-0.1, -0.05) is 0 Å². The molecule has 1 aliphatic carbocycles. The Labute approximate surface area is 168 Å². The number of hydrogen-bond acceptors (Lipinski definition) is 6. The monoisotopic (exact) mass is 390 g/mol. The van der Waals surface area contributed by atoms with Crippen molar-refractivity contribution in [2.45, 2.75) is 12.8 Å². The van der Waals surface area contributed by atoms with Gasteiger partial charge in [0.2, 0.25) is 5.95 Å². The van der Waals surface area contributed by atoms with Crippen LogP contribution in [0.15, 0.2) is 59.7 Å². The van der Waals surface area contributed by atoms with Gasteiger partial charge in [0.25, 0.3) is 5.56 Å². The van der Waals surface area contributed by atoms with Gasteiger partial charge in [-0.05, 0) is 55.2 Å². The molecule has 0 spiro atoms. The molecule has 1 saturated carbocycles. The number of Topliss-reactive ketones (excluding diaryl/α,β-unsaturated/α-hetero) is 1. The zero-order valence-electron chi connectivity index (χ0n) is 16.2. The van der Waals surface area contributed by atoms with E-state index < -0.39 is 0 Å². The molecule has 2 heterocycles. The minimum atomic E-state index is -0.209. The molecule has 7 heteroatoms. The first-order valence-corrected chi connectivity index (χ1v) is 9.58. The van der Waals surface area contributed by atoms with Gasteiger partial charge < -0.3 is 10.1 Å². The van der Waals surface area contributed by atoms with Gasteiger partial charge >= 0.3 is 0 Å². The lowest BCUT2D eigenvalue weighted by Gasteiger charge is -2.11. The maximum absolute atomic E-state index is 12.5. The van der Waals surface area contributed by atoms with Gasteiger partial charge in [-0.25, -0.2) is 4.98 Å². The molecule has 3 aromatic rings. The van der Waals surface area contributed by atoms with Crippen molar-refractivity contribution in [2.75, 3.05) is 18.5 Å². The summed E-state index contributed by atoms with van der Waals surface area (Å²) >= 11 is 0. The minimum absolute atomic E-state index is 0.0301. The Hall–Kier alpha value is -3.48. The minimum Gasteiger partial charge on any atom is -0.493 e. The third-order valence-electron chi connectivity index (χ3n) is 4.88. The summed E-state index contributed by atoms with van der Waals surface area (Å²) in [5.41, 5.74) is 1.68. The maximum atomic E-state index is 12.5. The van der Waals surface area contributed by atoms with Crippen molar-refractivity contribution >= 4 is 11.7 Å². The van der Waals surface area contributed by atoms with Crippen LogP contribution in [-0.4, -0.2) is 33.5 Å². The largest absolute Gasteiger partial charge is 0.493 e. The van der Waals surface area contributed by atoms with E-state index in [-0.39, 0.29) is 17.9 Å². The highest BCUT2D eigenvalue weighted by Crippen LogP contribution is 2.29. The molecule has 0 radical (unpaired) electrons. The normalized spacial score (nSPS) is 13.1. The predicted octanol–water partition coefficient (Wildman–Crippen LogP) is 2.93. The Morgan fingerprint density at radius 2 is 1.90 bits per heavy atom. The zero-order valence-corrected chi connectivity index (χ0v) is 16.2. The topological polar surface area (TPSA) is 86.1 Å². The number of hydrogen-bond donors (Lipinski definition) is 1. The molecule has 1 aliphatic rings. The number of aromatic nitrogens is 3. The van der Waals surface area contributed by atoms with Crippen LogP contribution in [0.5, 0.6) is 5.75 Å². The lowest BCUT2D eigenvalue weighted by atomic mass is 10.1. The van der Waals surface area contributed by atoms with Gasteiger partial charge in [0.1, 0.15) is 5.75 Å². The standard InChI is InChI=1S/C22H22N4O3/c1-26-21(28)12-19(16-8-10-23-11-9-16)25-22(26)24-13-20(27)17-4-6-18(7-5-17)29-14-15-2-3-15/h4-12,15H,2-3,13-14H2,1H3,(H,24,25). The number of carbonyl (C=O) groups is 1. The summed E-state index contributed by atoms with van der Waals surface area (Å²) in [6.07, 6.45) is 5.76. The second kappa shape index (κ2) is 8.26. The summed E-state index contributed by atoms with van der Waals surface area (Å²) in [4.78, 5) is 33.3. The van der Waals surface area contributed by atoms with E-state index in [1.54, 1.807) is 43.7 Å². The number of pyridine rings is 1. The molecule has 0 unspecified atom stereocenters. The quantitative estimate of drug-likeness (QED) is 0.595. The number of nitrogens with zero attached hydrogens (tertiary/aromatic N) is 3. The highest BCUT2D eigenvalue weighted by Gasteiger charge is 2.21. The molecule has 1 N–H and O–H groups in total. The Morgan fingerprint density at radius 3 is 2.59 bits per heavy atom. The third kappa shape index (κ3) is 4.68. The Bertz CT molecular complexity index is 1060. The number of nitrogens with one attached hydrogen (secondary N) is 1. The average molecular weight is 390 g/mol. The summed E-state index contributed by atoms with van der Waals surface area (Å²) < 4.78 is 7.08. The molecule has 0 bridgehead atoms. The maximum Gasteiger partial charge on any atom is 0.255 e. The van der Waals surface area contributed by atoms with Gasteiger partial charge in [-0.15, -0.1) is 0 Å². The Kier molecular flexibility index (Phi) is 5.37. The van der Waals surface area contributed by atoms with Crippen LogP contribution in [0, 0.1) is 5.92 Å². The number of ether oxygens (including phenoxy) is 1. The van der Waals surface area contributed by atoms with E-state index in [1.807, 2.05) is 12.1 Å². The fourth-order valence-corrected chi connectivity index (χ4v) is 2.87. The molecular formula is C22H22N4O3. The van der Waals surface area contributed by atoms with E-state index in [1.165, 1.54) is 23.5 Å². The zero-order chi connectivity index (χ0) is 20.2. The number of carbonyl (C=O) groups excluding carboxylic acids is 1. The van der Waals surface area contributed by atoms with E-state index >= 15 is 0 Å². The first-order valence-electron chi connectivity index (χ1n) is 9.58. The number of benzene rings is 1. The van der Waals surface area contributed by atoms with E-state index in [0.717, 1.165) is 17.9 Å². The van der Waals surface area contributed by atoms with Crippen LogP contribution in [0.4, 0.5) is 5.95 Å². The fourth-order valence-electron chi connectivity index (χ4n) is 2.87. The molecular weight excluding hydrogens is 368 g/mol. The molecule has 0 saturated heterocycles.